The van der Waals surface area contributed by atoms with Crippen LogP contribution in [0.5, 0.6) is 5.75 Å². The zero-order valence-electron chi connectivity index (χ0n) is 19.6. The van der Waals surface area contributed by atoms with Crippen LogP contribution in [0.1, 0.15) is 48.4 Å². The van der Waals surface area contributed by atoms with Crippen LogP contribution in [0, 0.1) is 0 Å². The number of hydrogen-bond acceptors (Lipinski definition) is 10. The largest absolute Gasteiger partial charge is 0.508 e. The Labute approximate surface area is 204 Å². The number of carbonyl (C=O) groups excluding carboxylic acids is 5. The molecule has 3 N–H and O–H groups in total. The van der Waals surface area contributed by atoms with Crippen molar-refractivity contribution in [1.29, 1.82) is 0 Å². The maximum Gasteiger partial charge on any atom is 0.303 e. The number of benzene rings is 1. The van der Waals surface area contributed by atoms with Crippen LogP contribution < -0.4 is 5.11 Å². The molecule has 1 unspecified atom stereocenters. The normalized spacial score (nSPS) is 28.7. The fraction of sp³-hybridized carbons (Fsp3) is 0.375. The summed E-state index contributed by atoms with van der Waals surface area (Å²) in [5.74, 6) is -4.70. The predicted molar refractivity (Wildman–Crippen MR) is 116 cm³/mol. The Morgan fingerprint density at radius 3 is 2.19 bits per heavy atom. The second-order valence-electron chi connectivity index (χ2n) is 8.82. The zero-order chi connectivity index (χ0) is 26.7. The quantitative estimate of drug-likeness (QED) is 0.275. The van der Waals surface area contributed by atoms with E-state index in [9.17, 15) is 39.7 Å². The van der Waals surface area contributed by atoms with Gasteiger partial charge in [-0.15, -0.1) is 0 Å². The molecule has 3 aliphatic rings. The van der Waals surface area contributed by atoms with Crippen LogP contribution in [0.4, 0.5) is 0 Å². The molecule has 1 aromatic carbocycles. The summed E-state index contributed by atoms with van der Waals surface area (Å²) in [4.78, 5) is 63.2. The number of aliphatic hydroxyl groups excluding tert-OH is 1. The van der Waals surface area contributed by atoms with Gasteiger partial charge in [0, 0.05) is 37.5 Å². The number of ketones is 2. The van der Waals surface area contributed by atoms with Crippen LogP contribution >= 0.6 is 0 Å². The minimum Gasteiger partial charge on any atom is -0.508 e. The van der Waals surface area contributed by atoms with Crippen LogP contribution in [-0.2, 0) is 28.6 Å². The molecule has 0 heterocycles. The second kappa shape index (κ2) is 8.48. The summed E-state index contributed by atoms with van der Waals surface area (Å²) >= 11 is 0. The molecule has 0 spiro atoms. The van der Waals surface area contributed by atoms with Crippen molar-refractivity contribution in [3.8, 4) is 5.75 Å². The summed E-state index contributed by atoms with van der Waals surface area (Å²) in [6.45, 7) is 4.38. The first kappa shape index (κ1) is 24.9. The number of hydrogen-bond donors (Lipinski definition) is 3. The summed E-state index contributed by atoms with van der Waals surface area (Å²) in [7, 11) is 0. The SMILES string of the molecule is CC(=O)O[C@@H]1C2=C(C3=C(C(=O)c4c(O)cccc4C3=O)C2[NH+]=[N-])[C@H](O)[C@@H](OC(C)=O)[C@]1(C)OC(C)=O. The monoisotopic (exact) mass is 498 g/mol. The summed E-state index contributed by atoms with van der Waals surface area (Å²) in [6, 6.07) is 2.37. The van der Waals surface area contributed by atoms with Crippen molar-refractivity contribution in [2.24, 2.45) is 0 Å². The van der Waals surface area contributed by atoms with Gasteiger partial charge in [0.2, 0.25) is 5.78 Å². The Balaban J connectivity index is 2.04. The molecule has 4 rings (SSSR count). The lowest BCUT2D eigenvalue weighted by Gasteiger charge is -2.47. The molecule has 0 aromatic heterocycles. The topological polar surface area (TPSA) is 190 Å². The molecule has 0 bridgehead atoms. The van der Waals surface area contributed by atoms with Crippen molar-refractivity contribution >= 4 is 29.5 Å². The van der Waals surface area contributed by atoms with Crippen molar-refractivity contribution in [3.63, 3.8) is 0 Å². The summed E-state index contributed by atoms with van der Waals surface area (Å²) < 4.78 is 16.2. The number of aliphatic hydroxyl groups is 1. The molecule has 1 aromatic rings. The van der Waals surface area contributed by atoms with Crippen LogP contribution in [0.15, 0.2) is 40.5 Å². The fourth-order valence-corrected chi connectivity index (χ4v) is 5.27. The third-order valence-corrected chi connectivity index (χ3v) is 6.46. The maximum absolute atomic E-state index is 13.6. The zero-order valence-corrected chi connectivity index (χ0v) is 19.6. The van der Waals surface area contributed by atoms with Gasteiger partial charge >= 0.3 is 17.9 Å². The highest BCUT2D eigenvalue weighted by atomic mass is 16.6. The second-order valence-corrected chi connectivity index (χ2v) is 8.82. The fourth-order valence-electron chi connectivity index (χ4n) is 5.27. The minimum absolute atomic E-state index is 0.147. The van der Waals surface area contributed by atoms with Gasteiger partial charge in [-0.1, -0.05) is 12.1 Å². The van der Waals surface area contributed by atoms with E-state index in [0.717, 1.165) is 20.8 Å². The van der Waals surface area contributed by atoms with E-state index in [4.69, 9.17) is 14.2 Å². The molecular weight excluding hydrogens is 476 g/mol. The average molecular weight is 498 g/mol. The number of phenols is 1. The summed E-state index contributed by atoms with van der Waals surface area (Å²) in [6.07, 6.45) is -5.14. The number of aromatic hydroxyl groups is 1. The maximum atomic E-state index is 13.6. The number of fused-ring (bicyclic) bond motifs is 2. The van der Waals surface area contributed by atoms with Gasteiger partial charge in [-0.2, -0.15) is 0 Å². The van der Waals surface area contributed by atoms with Gasteiger partial charge in [-0.25, -0.2) is 0 Å². The van der Waals surface area contributed by atoms with Crippen molar-refractivity contribution in [1.82, 2.24) is 0 Å². The average Bonchev–Trinajstić information content (AvgIpc) is 3.12. The van der Waals surface area contributed by atoms with Crippen molar-refractivity contribution < 1.29 is 53.5 Å². The molecule has 36 heavy (non-hydrogen) atoms. The van der Waals surface area contributed by atoms with Gasteiger partial charge < -0.3 is 35.1 Å². The smallest absolute Gasteiger partial charge is 0.303 e. The van der Waals surface area contributed by atoms with Crippen LogP contribution in [0.3, 0.4) is 0 Å². The predicted octanol–water partition coefficient (Wildman–Crippen LogP) is -0.591. The van der Waals surface area contributed by atoms with Crippen LogP contribution in [0.2, 0.25) is 0 Å². The first-order valence-electron chi connectivity index (χ1n) is 10.9. The lowest BCUT2D eigenvalue weighted by Crippen LogP contribution is -2.76. The van der Waals surface area contributed by atoms with Gasteiger partial charge in [-0.05, 0) is 13.0 Å². The van der Waals surface area contributed by atoms with Gasteiger partial charge in [-0.3, -0.25) is 24.0 Å². The molecular formula is C24H22N2O10. The number of nitrogens with zero attached hydrogens (tertiary/aromatic N) is 1. The minimum atomic E-state index is -2.04. The van der Waals surface area contributed by atoms with Gasteiger partial charge in [0.15, 0.2) is 29.6 Å². The molecule has 0 saturated heterocycles. The Kier molecular flexibility index (Phi) is 5.87. The first-order chi connectivity index (χ1) is 16.8. The van der Waals surface area contributed by atoms with E-state index < -0.39 is 65.2 Å². The number of ether oxygens (including phenoxy) is 3. The van der Waals surface area contributed by atoms with E-state index in [-0.39, 0.29) is 33.4 Å². The Morgan fingerprint density at radius 2 is 1.64 bits per heavy atom. The molecule has 3 aliphatic carbocycles. The van der Waals surface area contributed by atoms with Gasteiger partial charge in [0.05, 0.1) is 16.7 Å². The molecule has 188 valence electrons. The Bertz CT molecular complexity index is 1330. The highest BCUT2D eigenvalue weighted by molar-refractivity contribution is 6.31. The third kappa shape index (κ3) is 3.44. The molecule has 12 heteroatoms. The highest BCUT2D eigenvalue weighted by Crippen LogP contribution is 2.51. The molecule has 0 saturated carbocycles. The highest BCUT2D eigenvalue weighted by Gasteiger charge is 2.65. The molecule has 0 fully saturated rings. The van der Waals surface area contributed by atoms with Crippen molar-refractivity contribution in [2.75, 3.05) is 0 Å². The van der Waals surface area contributed by atoms with Crippen LogP contribution in [-0.4, -0.2) is 69.6 Å². The first-order valence-corrected chi connectivity index (χ1v) is 10.9. The molecule has 0 amide bonds. The number of esters is 3. The standard InChI is InChI=1S/C24H22N2O10/c1-8(27)34-22-17-15(21(33)23(35-9(2)28)24(22,4)36-10(3)29)14-16(18(17)26-25)20(32)13-11(19(14)31)6-5-7-12(13)30/h5-7,18,21-23,26,30,33H,1-4H3/t18?,21-,22+,23+,24+/m0/s1. The van der Waals surface area contributed by atoms with Crippen LogP contribution in [0.25, 0.3) is 5.53 Å². The van der Waals surface area contributed by atoms with E-state index in [2.05, 4.69) is 0 Å². The lowest BCUT2D eigenvalue weighted by atomic mass is 9.73. The van der Waals surface area contributed by atoms with E-state index in [1.807, 2.05) is 5.11 Å². The summed E-state index contributed by atoms with van der Waals surface area (Å²) in [5.41, 5.74) is 6.59. The van der Waals surface area contributed by atoms with Gasteiger partial charge in [0.25, 0.3) is 0 Å². The Morgan fingerprint density at radius 1 is 1.00 bits per heavy atom. The molecule has 5 atom stereocenters. The number of phenolic OH excluding ortho intramolecular Hbond substituents is 1. The lowest BCUT2D eigenvalue weighted by molar-refractivity contribution is -0.504. The number of nitrogens with one attached hydrogen (secondary N) is 1. The molecule has 0 radical (unpaired) electrons. The molecule has 0 aliphatic heterocycles. The van der Waals surface area contributed by atoms with Crippen molar-refractivity contribution in [2.45, 2.75) is 57.6 Å². The van der Waals surface area contributed by atoms with Gasteiger partial charge in [0.1, 0.15) is 11.9 Å². The summed E-state index contributed by atoms with van der Waals surface area (Å²) in [5, 5.41) is 23.6. The number of carbonyl (C=O) groups is 5. The van der Waals surface area contributed by atoms with E-state index in [1.165, 1.54) is 25.1 Å². The molecule has 12 nitrogen and oxygen atoms in total. The number of Topliss-reactive ketones (excluding diaryl/α,β-unsaturated/α-hetero) is 2. The van der Waals surface area contributed by atoms with Crippen molar-refractivity contribution in [3.05, 3.63) is 57.1 Å². The third-order valence-electron chi connectivity index (χ3n) is 6.46. The van der Waals surface area contributed by atoms with E-state index >= 15 is 0 Å². The Hall–Kier alpha value is -4.19. The number of rotatable bonds is 4. The van der Waals surface area contributed by atoms with E-state index in [1.54, 1.807) is 0 Å². The van der Waals surface area contributed by atoms with E-state index in [0.29, 0.717) is 0 Å².